The summed E-state index contributed by atoms with van der Waals surface area (Å²) >= 11 is 0. The predicted octanol–water partition coefficient (Wildman–Crippen LogP) is 0.788. The molecule has 0 aliphatic carbocycles. The van der Waals surface area contributed by atoms with Crippen LogP contribution >= 0.6 is 0 Å². The zero-order valence-corrected chi connectivity index (χ0v) is 5.23. The normalized spacial score (nSPS) is 28.5. The lowest BCUT2D eigenvalue weighted by Gasteiger charge is -2.30. The minimum Gasteiger partial charge on any atom is -0.447 e. The lowest BCUT2D eigenvalue weighted by atomic mass is 9.82. The average Bonchev–Trinajstić information content (AvgIpc) is 1.88. The molecular formula is C4H7BF3O2-. The van der Waals surface area contributed by atoms with Gasteiger partial charge in [-0.15, -0.1) is 0 Å². The largest absolute Gasteiger partial charge is 0.509 e. The Hall–Kier alpha value is -0.225. The molecule has 0 aromatic carbocycles. The van der Waals surface area contributed by atoms with Gasteiger partial charge in [-0.2, -0.15) is 0 Å². The van der Waals surface area contributed by atoms with Crippen LogP contribution in [0.2, 0.25) is 0 Å². The van der Waals surface area contributed by atoms with Gasteiger partial charge in [0.15, 0.2) is 0 Å². The predicted molar refractivity (Wildman–Crippen MR) is 29.6 cm³/mol. The fraction of sp³-hybridized carbons (Fsp3) is 1.00. The molecule has 1 unspecified atom stereocenters. The Morgan fingerprint density at radius 2 is 1.90 bits per heavy atom. The van der Waals surface area contributed by atoms with Crippen molar-refractivity contribution in [2.75, 3.05) is 19.8 Å². The third-order valence-corrected chi connectivity index (χ3v) is 1.26. The van der Waals surface area contributed by atoms with E-state index < -0.39 is 13.0 Å². The quantitative estimate of drug-likeness (QED) is 0.521. The molecule has 0 saturated carbocycles. The fourth-order valence-corrected chi connectivity index (χ4v) is 0.724. The molecule has 60 valence electrons. The summed E-state index contributed by atoms with van der Waals surface area (Å²) in [7, 11) is 0. The second kappa shape index (κ2) is 2.80. The molecule has 10 heavy (non-hydrogen) atoms. The van der Waals surface area contributed by atoms with Crippen LogP contribution in [0.1, 0.15) is 0 Å². The number of ether oxygens (including phenoxy) is 2. The Bertz CT molecular complexity index is 110. The van der Waals surface area contributed by atoms with Gasteiger partial charge < -0.3 is 22.4 Å². The Balaban J connectivity index is 2.39. The average molecular weight is 155 g/mol. The van der Waals surface area contributed by atoms with E-state index in [0.717, 1.165) is 0 Å². The molecule has 1 atom stereocenters. The highest BCUT2D eigenvalue weighted by molar-refractivity contribution is 6.60. The van der Waals surface area contributed by atoms with Crippen LogP contribution < -0.4 is 0 Å². The summed E-state index contributed by atoms with van der Waals surface area (Å²) < 4.78 is 44.4. The summed E-state index contributed by atoms with van der Waals surface area (Å²) in [6.07, 6.45) is 0. The van der Waals surface area contributed by atoms with Crippen LogP contribution in [0, 0.1) is 0 Å². The molecule has 1 fully saturated rings. The van der Waals surface area contributed by atoms with Crippen molar-refractivity contribution in [2.45, 2.75) is 6.00 Å². The fourth-order valence-electron chi connectivity index (χ4n) is 0.724. The molecule has 0 aromatic rings. The smallest absolute Gasteiger partial charge is 0.447 e. The van der Waals surface area contributed by atoms with Crippen LogP contribution in [0.5, 0.6) is 0 Å². The van der Waals surface area contributed by atoms with Crippen molar-refractivity contribution in [1.29, 1.82) is 0 Å². The van der Waals surface area contributed by atoms with E-state index in [2.05, 4.69) is 9.47 Å². The summed E-state index contributed by atoms with van der Waals surface area (Å²) in [5.41, 5.74) is 0. The molecule has 0 spiro atoms. The highest BCUT2D eigenvalue weighted by Crippen LogP contribution is 2.19. The molecule has 1 heterocycles. The molecule has 0 N–H and O–H groups in total. The number of hydrogen-bond donors (Lipinski definition) is 0. The zero-order valence-electron chi connectivity index (χ0n) is 5.23. The Morgan fingerprint density at radius 3 is 2.20 bits per heavy atom. The summed E-state index contributed by atoms with van der Waals surface area (Å²) in [5.74, 6) is 0. The summed E-state index contributed by atoms with van der Waals surface area (Å²) in [5, 5.41) is 0. The third-order valence-electron chi connectivity index (χ3n) is 1.26. The molecule has 0 aromatic heterocycles. The van der Waals surface area contributed by atoms with Crippen LogP contribution in [0.15, 0.2) is 0 Å². The lowest BCUT2D eigenvalue weighted by Crippen LogP contribution is -2.44. The SMILES string of the molecule is F[B-](F)(F)C1COCCO1. The van der Waals surface area contributed by atoms with Gasteiger partial charge in [0.25, 0.3) is 0 Å². The molecule has 0 bridgehead atoms. The van der Waals surface area contributed by atoms with Crippen molar-refractivity contribution < 1.29 is 22.4 Å². The first-order chi connectivity index (χ1) is 4.61. The van der Waals surface area contributed by atoms with Crippen LogP contribution in [0.4, 0.5) is 12.9 Å². The van der Waals surface area contributed by atoms with Gasteiger partial charge in [0.05, 0.1) is 19.2 Å². The van der Waals surface area contributed by atoms with E-state index in [0.29, 0.717) is 0 Å². The molecule has 1 rings (SSSR count). The van der Waals surface area contributed by atoms with E-state index in [-0.39, 0.29) is 19.8 Å². The Kier molecular flexibility index (Phi) is 2.20. The first-order valence-corrected chi connectivity index (χ1v) is 3.00. The summed E-state index contributed by atoms with van der Waals surface area (Å²) in [6, 6.07) is -1.66. The molecule has 0 amide bonds. The van der Waals surface area contributed by atoms with Crippen molar-refractivity contribution in [3.05, 3.63) is 0 Å². The van der Waals surface area contributed by atoms with E-state index in [1.54, 1.807) is 0 Å². The van der Waals surface area contributed by atoms with Gasteiger partial charge in [0.1, 0.15) is 0 Å². The second-order valence-corrected chi connectivity index (χ2v) is 2.11. The highest BCUT2D eigenvalue weighted by Gasteiger charge is 2.37. The van der Waals surface area contributed by atoms with Gasteiger partial charge >= 0.3 is 6.98 Å². The third kappa shape index (κ3) is 1.88. The molecule has 1 aliphatic rings. The number of hydrogen-bond acceptors (Lipinski definition) is 2. The van der Waals surface area contributed by atoms with Crippen LogP contribution in [0.3, 0.4) is 0 Å². The first kappa shape index (κ1) is 7.88. The van der Waals surface area contributed by atoms with Crippen molar-refractivity contribution in [3.63, 3.8) is 0 Å². The maximum atomic E-state index is 11.8. The minimum absolute atomic E-state index is 0.0475. The van der Waals surface area contributed by atoms with Gasteiger partial charge in [0.2, 0.25) is 0 Å². The molecule has 0 radical (unpaired) electrons. The molecule has 1 aliphatic heterocycles. The van der Waals surface area contributed by atoms with Crippen LogP contribution in [-0.4, -0.2) is 32.8 Å². The van der Waals surface area contributed by atoms with Gasteiger partial charge in [-0.1, -0.05) is 0 Å². The van der Waals surface area contributed by atoms with Crippen molar-refractivity contribution in [1.82, 2.24) is 0 Å². The number of rotatable bonds is 1. The maximum absolute atomic E-state index is 11.8. The first-order valence-electron chi connectivity index (χ1n) is 3.00. The summed E-state index contributed by atoms with van der Waals surface area (Å²) in [4.78, 5) is 0. The zero-order chi connectivity index (χ0) is 7.61. The van der Waals surface area contributed by atoms with Crippen LogP contribution in [0.25, 0.3) is 0 Å². The highest BCUT2D eigenvalue weighted by atomic mass is 19.4. The van der Waals surface area contributed by atoms with Crippen molar-refractivity contribution >= 4 is 6.98 Å². The van der Waals surface area contributed by atoms with E-state index >= 15 is 0 Å². The Labute approximate surface area is 56.4 Å². The molecular weight excluding hydrogens is 148 g/mol. The number of halogens is 3. The van der Waals surface area contributed by atoms with Gasteiger partial charge in [-0.3, -0.25) is 0 Å². The standard InChI is InChI=1S/C4H7BF3O2/c6-5(7,8)4-3-9-1-2-10-4/h4H,1-3H2/q-1. The lowest BCUT2D eigenvalue weighted by molar-refractivity contribution is -0.0691. The van der Waals surface area contributed by atoms with Crippen LogP contribution in [-0.2, 0) is 9.47 Å². The summed E-state index contributed by atoms with van der Waals surface area (Å²) in [6.45, 7) is -4.90. The van der Waals surface area contributed by atoms with Gasteiger partial charge in [-0.05, 0) is 0 Å². The second-order valence-electron chi connectivity index (χ2n) is 2.11. The topological polar surface area (TPSA) is 18.5 Å². The van der Waals surface area contributed by atoms with E-state index in [1.165, 1.54) is 0 Å². The monoisotopic (exact) mass is 155 g/mol. The van der Waals surface area contributed by atoms with E-state index in [1.807, 2.05) is 0 Å². The molecule has 2 nitrogen and oxygen atoms in total. The van der Waals surface area contributed by atoms with Crippen molar-refractivity contribution in [2.24, 2.45) is 0 Å². The van der Waals surface area contributed by atoms with E-state index in [9.17, 15) is 12.9 Å². The maximum Gasteiger partial charge on any atom is 0.509 e. The molecule has 6 heteroatoms. The van der Waals surface area contributed by atoms with Gasteiger partial charge in [0, 0.05) is 6.61 Å². The Morgan fingerprint density at radius 1 is 1.20 bits per heavy atom. The minimum atomic E-state index is -4.87. The molecule has 1 saturated heterocycles. The van der Waals surface area contributed by atoms with E-state index in [4.69, 9.17) is 0 Å². The van der Waals surface area contributed by atoms with Gasteiger partial charge in [-0.25, -0.2) is 0 Å². The van der Waals surface area contributed by atoms with Crippen molar-refractivity contribution in [3.8, 4) is 0 Å².